The number of benzene rings is 2. The van der Waals surface area contributed by atoms with E-state index in [0.29, 0.717) is 0 Å². The van der Waals surface area contributed by atoms with Gasteiger partial charge in [-0.15, -0.1) is 0 Å². The number of imide groups is 1. The molecule has 5 atom stereocenters. The smallest absolute Gasteiger partial charge is 0.320 e. The number of hydrogen-bond donors (Lipinski definition) is 2. The summed E-state index contributed by atoms with van der Waals surface area (Å²) in [4.78, 5) is 51.6. The Hall–Kier alpha value is -4.21. The number of nitro groups is 1. The molecule has 5 unspecified atom stereocenters. The maximum absolute atomic E-state index is 13.4. The van der Waals surface area contributed by atoms with Crippen molar-refractivity contribution in [1.82, 2.24) is 10.2 Å². The van der Waals surface area contributed by atoms with Gasteiger partial charge in [0.25, 0.3) is 5.69 Å². The number of nitrogens with one attached hydrogen (secondary N) is 2. The highest BCUT2D eigenvalue weighted by atomic mass is 16.6. The second-order valence-corrected chi connectivity index (χ2v) is 8.99. The molecule has 10 heteroatoms. The fourth-order valence-electron chi connectivity index (χ4n) is 5.49. The number of rotatable bonds is 7. The summed E-state index contributed by atoms with van der Waals surface area (Å²) < 4.78 is 5.21. The minimum Gasteiger partial charge on any atom is -0.495 e. The average molecular weight is 476 g/mol. The number of nitro benzene ring substituents is 1. The summed E-state index contributed by atoms with van der Waals surface area (Å²) in [5, 5.41) is 16.5. The first kappa shape index (κ1) is 22.6. The van der Waals surface area contributed by atoms with E-state index in [9.17, 15) is 24.5 Å². The summed E-state index contributed by atoms with van der Waals surface area (Å²) in [5.74, 6) is -0.999. The molecule has 10 nitrogen and oxygen atoms in total. The van der Waals surface area contributed by atoms with Crippen molar-refractivity contribution in [3.63, 3.8) is 0 Å². The van der Waals surface area contributed by atoms with E-state index < -0.39 is 29.0 Å². The molecule has 3 aliphatic rings. The van der Waals surface area contributed by atoms with E-state index in [1.165, 1.54) is 30.2 Å². The lowest BCUT2D eigenvalue weighted by molar-refractivity contribution is -0.384. The Bertz CT molecular complexity index is 1200. The third kappa shape index (κ3) is 4.01. The van der Waals surface area contributed by atoms with Gasteiger partial charge in [-0.25, -0.2) is 4.79 Å². The zero-order valence-corrected chi connectivity index (χ0v) is 18.9. The Morgan fingerprint density at radius 1 is 1.11 bits per heavy atom. The Balaban J connectivity index is 1.40. The van der Waals surface area contributed by atoms with E-state index in [-0.39, 0.29) is 47.2 Å². The average Bonchev–Trinajstić information content (AvgIpc) is 3.53. The molecule has 2 bridgehead atoms. The van der Waals surface area contributed by atoms with Crippen LogP contribution in [0.2, 0.25) is 0 Å². The quantitative estimate of drug-likeness (QED) is 0.273. The second-order valence-electron chi connectivity index (χ2n) is 8.99. The molecule has 180 valence electrons. The predicted octanol–water partition coefficient (Wildman–Crippen LogP) is 3.10. The van der Waals surface area contributed by atoms with Crippen LogP contribution in [0.3, 0.4) is 0 Å². The van der Waals surface area contributed by atoms with Crippen LogP contribution in [0.4, 0.5) is 16.2 Å². The van der Waals surface area contributed by atoms with Gasteiger partial charge in [-0.05, 0) is 29.9 Å². The fraction of sp³-hybridized carbons (Fsp3) is 0.320. The van der Waals surface area contributed by atoms with Crippen molar-refractivity contribution in [1.29, 1.82) is 0 Å². The molecule has 2 aliphatic carbocycles. The number of nitrogens with zero attached hydrogens (tertiary/aromatic N) is 2. The van der Waals surface area contributed by atoms with E-state index in [2.05, 4.69) is 10.6 Å². The normalized spacial score (nSPS) is 24.9. The van der Waals surface area contributed by atoms with E-state index >= 15 is 0 Å². The number of hydrogen-bond acceptors (Lipinski definition) is 6. The zero-order chi connectivity index (χ0) is 24.7. The molecule has 2 fully saturated rings. The molecule has 4 amide bonds. The Labute approximate surface area is 201 Å². The Morgan fingerprint density at radius 2 is 1.77 bits per heavy atom. The number of urea groups is 1. The highest BCUT2D eigenvalue weighted by Crippen LogP contribution is 2.52. The third-order valence-electron chi connectivity index (χ3n) is 7.03. The number of amides is 4. The van der Waals surface area contributed by atoms with E-state index in [1.807, 2.05) is 42.5 Å². The van der Waals surface area contributed by atoms with E-state index in [1.54, 1.807) is 0 Å². The molecule has 0 aromatic heterocycles. The fourth-order valence-corrected chi connectivity index (χ4v) is 5.49. The van der Waals surface area contributed by atoms with Crippen molar-refractivity contribution in [3.05, 3.63) is 76.4 Å². The molecule has 35 heavy (non-hydrogen) atoms. The molecule has 1 saturated carbocycles. The van der Waals surface area contributed by atoms with Gasteiger partial charge < -0.3 is 15.4 Å². The lowest BCUT2D eigenvalue weighted by Gasteiger charge is -2.29. The first-order valence-electron chi connectivity index (χ1n) is 11.4. The summed E-state index contributed by atoms with van der Waals surface area (Å²) in [6.07, 6.45) is 4.14. The molecule has 5 rings (SSSR count). The van der Waals surface area contributed by atoms with Crippen molar-refractivity contribution < 1.29 is 24.0 Å². The number of ether oxygens (including phenoxy) is 1. The highest BCUT2D eigenvalue weighted by Gasteiger charge is 2.60. The predicted molar refractivity (Wildman–Crippen MR) is 125 cm³/mol. The van der Waals surface area contributed by atoms with Crippen molar-refractivity contribution in [2.45, 2.75) is 19.0 Å². The zero-order valence-electron chi connectivity index (χ0n) is 18.9. The monoisotopic (exact) mass is 476 g/mol. The van der Waals surface area contributed by atoms with Gasteiger partial charge in [0.2, 0.25) is 11.8 Å². The van der Waals surface area contributed by atoms with E-state index in [0.717, 1.165) is 12.0 Å². The lowest BCUT2D eigenvalue weighted by atomic mass is 9.85. The van der Waals surface area contributed by atoms with Crippen molar-refractivity contribution >= 4 is 29.2 Å². The largest absolute Gasteiger partial charge is 0.495 e. The summed E-state index contributed by atoms with van der Waals surface area (Å²) in [7, 11) is 1.38. The van der Waals surface area contributed by atoms with Crippen LogP contribution in [0.25, 0.3) is 0 Å². The molecule has 0 spiro atoms. The number of carbonyl (C=O) groups is 3. The molecule has 0 radical (unpaired) electrons. The van der Waals surface area contributed by atoms with Gasteiger partial charge in [-0.2, -0.15) is 0 Å². The highest BCUT2D eigenvalue weighted by molar-refractivity contribution is 6.07. The lowest BCUT2D eigenvalue weighted by Crippen LogP contribution is -2.53. The maximum atomic E-state index is 13.4. The first-order valence-corrected chi connectivity index (χ1v) is 11.4. The Kier molecular flexibility index (Phi) is 5.72. The third-order valence-corrected chi connectivity index (χ3v) is 7.03. The number of anilines is 1. The summed E-state index contributed by atoms with van der Waals surface area (Å²) >= 11 is 0. The van der Waals surface area contributed by atoms with Crippen LogP contribution in [0.1, 0.15) is 12.0 Å². The van der Waals surface area contributed by atoms with Crippen LogP contribution in [0.15, 0.2) is 60.7 Å². The van der Waals surface area contributed by atoms with Gasteiger partial charge in [-0.1, -0.05) is 42.5 Å². The van der Waals surface area contributed by atoms with Crippen LogP contribution in [-0.2, 0) is 16.0 Å². The van der Waals surface area contributed by atoms with Gasteiger partial charge in [0.1, 0.15) is 11.9 Å². The molecular weight excluding hydrogens is 452 g/mol. The maximum Gasteiger partial charge on any atom is 0.320 e. The number of methoxy groups -OCH3 is 1. The van der Waals surface area contributed by atoms with Crippen LogP contribution >= 0.6 is 0 Å². The Morgan fingerprint density at radius 3 is 2.37 bits per heavy atom. The summed E-state index contributed by atoms with van der Waals surface area (Å²) in [6.45, 7) is 0. The van der Waals surface area contributed by atoms with Crippen molar-refractivity contribution in [2.24, 2.45) is 23.7 Å². The number of carbonyl (C=O) groups excluding carboxylic acids is 3. The minimum absolute atomic E-state index is 0.0479. The minimum atomic E-state index is -0.924. The molecule has 2 aromatic rings. The number of fused-ring (bicyclic) bond motifs is 5. The molecule has 1 heterocycles. The van der Waals surface area contributed by atoms with Gasteiger partial charge in [0.15, 0.2) is 0 Å². The molecule has 1 saturated heterocycles. The van der Waals surface area contributed by atoms with Gasteiger partial charge in [-0.3, -0.25) is 24.6 Å². The molecule has 2 N–H and O–H groups in total. The van der Waals surface area contributed by atoms with Crippen LogP contribution in [0, 0.1) is 33.8 Å². The standard InChI is InChI=1S/C25H24N4O6/c1-35-19-10-9-17(29(33)34)13-18(19)26-25(32)27-20(11-14-5-3-2-4-6-14)28-23(30)21-15-7-8-16(12-15)22(21)24(28)31/h2-10,13,15-16,20-22H,11-12H2,1H3,(H2,26,27,32). The number of likely N-dealkylation sites (tertiary alicyclic amines) is 1. The SMILES string of the molecule is COc1ccc([N+](=O)[O-])cc1NC(=O)NC(Cc1ccccc1)N1C(=O)C2C3C=CC(C3)C2C1=O. The van der Waals surface area contributed by atoms with Crippen molar-refractivity contribution in [3.8, 4) is 5.75 Å². The number of non-ortho nitro benzene ring substituents is 1. The topological polar surface area (TPSA) is 131 Å². The molecule has 1 aliphatic heterocycles. The second kappa shape index (κ2) is 8.86. The van der Waals surface area contributed by atoms with Crippen molar-refractivity contribution in [2.75, 3.05) is 12.4 Å². The van der Waals surface area contributed by atoms with E-state index in [4.69, 9.17) is 4.74 Å². The van der Waals surface area contributed by atoms with Gasteiger partial charge >= 0.3 is 6.03 Å². The van der Waals surface area contributed by atoms with Crippen LogP contribution < -0.4 is 15.4 Å². The van der Waals surface area contributed by atoms with Gasteiger partial charge in [0, 0.05) is 18.6 Å². The first-order chi connectivity index (χ1) is 16.9. The molecule has 2 aromatic carbocycles. The summed E-state index contributed by atoms with van der Waals surface area (Å²) in [5.41, 5.74) is 0.711. The van der Waals surface area contributed by atoms with Crippen LogP contribution in [0.5, 0.6) is 5.75 Å². The summed E-state index contributed by atoms with van der Waals surface area (Å²) in [6, 6.07) is 12.4. The number of allylic oxidation sites excluding steroid dienone is 2. The van der Waals surface area contributed by atoms with Gasteiger partial charge in [0.05, 0.1) is 29.6 Å². The molecular formula is C25H24N4O6. The van der Waals surface area contributed by atoms with Crippen LogP contribution in [-0.4, -0.2) is 40.9 Å².